The van der Waals surface area contributed by atoms with Crippen molar-refractivity contribution in [1.29, 1.82) is 0 Å². The van der Waals surface area contributed by atoms with E-state index in [2.05, 4.69) is 4.98 Å². The van der Waals surface area contributed by atoms with Crippen molar-refractivity contribution in [3.8, 4) is 0 Å². The lowest BCUT2D eigenvalue weighted by Gasteiger charge is -2.26. The maximum atomic E-state index is 13.2. The third-order valence-electron chi connectivity index (χ3n) is 6.67. The number of carbonyl (C=O) groups is 3. The lowest BCUT2D eigenvalue weighted by Crippen LogP contribution is -2.43. The van der Waals surface area contributed by atoms with Crippen molar-refractivity contribution in [3.05, 3.63) is 118 Å². The van der Waals surface area contributed by atoms with Crippen LogP contribution in [0.5, 0.6) is 0 Å². The van der Waals surface area contributed by atoms with Gasteiger partial charge in [-0.25, -0.2) is 23.7 Å². The normalized spacial score (nSPS) is 19.3. The number of hydrogen-bond donors (Lipinski definition) is 3. The van der Waals surface area contributed by atoms with Crippen LogP contribution in [0, 0.1) is 0 Å². The highest BCUT2D eigenvalue weighted by Gasteiger charge is 2.52. The molecule has 0 bridgehead atoms. The van der Waals surface area contributed by atoms with Gasteiger partial charge in [0.05, 0.1) is 16.7 Å². The quantitative estimate of drug-likeness (QED) is 0.201. The molecule has 1 fully saturated rings. The Hall–Kier alpha value is -5.69. The number of nitrogens with zero attached hydrogens (tertiary/aromatic N) is 2. The van der Waals surface area contributed by atoms with Crippen molar-refractivity contribution in [2.75, 3.05) is 23.8 Å². The smallest absolute Gasteiger partial charge is 0.353 e. The van der Waals surface area contributed by atoms with Gasteiger partial charge in [0.15, 0.2) is 24.3 Å². The molecule has 3 aromatic carbocycles. The van der Waals surface area contributed by atoms with E-state index in [1.807, 2.05) is 0 Å². The van der Waals surface area contributed by atoms with Crippen LogP contribution in [-0.4, -0.2) is 52.4 Å². The Morgan fingerprint density at radius 3 is 1.70 bits per heavy atom. The number of nitrogen functional groups attached to an aromatic ring is 3. The van der Waals surface area contributed by atoms with Gasteiger partial charge in [-0.2, -0.15) is 4.98 Å². The first-order valence-corrected chi connectivity index (χ1v) is 13.1. The van der Waals surface area contributed by atoms with Crippen molar-refractivity contribution in [2.24, 2.45) is 0 Å². The number of aromatic nitrogens is 2. The average molecular weight is 586 g/mol. The first-order valence-electron chi connectivity index (χ1n) is 13.1. The second kappa shape index (κ2) is 12.4. The van der Waals surface area contributed by atoms with Gasteiger partial charge in [-0.1, -0.05) is 54.6 Å². The number of nitrogens with two attached hydrogens (primary N) is 3. The molecule has 13 heteroatoms. The van der Waals surface area contributed by atoms with Crippen LogP contribution in [0.2, 0.25) is 0 Å². The number of benzene rings is 3. The molecule has 0 aliphatic carbocycles. The van der Waals surface area contributed by atoms with Gasteiger partial charge >= 0.3 is 23.6 Å². The van der Waals surface area contributed by atoms with E-state index in [0.717, 1.165) is 4.57 Å². The molecule has 1 aromatic heterocycles. The second-order valence-corrected chi connectivity index (χ2v) is 9.45. The predicted molar refractivity (Wildman–Crippen MR) is 154 cm³/mol. The fourth-order valence-corrected chi connectivity index (χ4v) is 4.49. The van der Waals surface area contributed by atoms with E-state index in [-0.39, 0.29) is 34.0 Å². The highest BCUT2D eigenvalue weighted by Crippen LogP contribution is 2.37. The molecule has 13 nitrogen and oxygen atoms in total. The van der Waals surface area contributed by atoms with Crippen LogP contribution in [-0.2, 0) is 18.9 Å². The van der Waals surface area contributed by atoms with E-state index in [1.165, 1.54) is 24.3 Å². The lowest BCUT2D eigenvalue weighted by molar-refractivity contribution is -0.0629. The third-order valence-corrected chi connectivity index (χ3v) is 6.67. The third kappa shape index (κ3) is 6.16. The molecule has 43 heavy (non-hydrogen) atoms. The Kier molecular flexibility index (Phi) is 8.34. The Morgan fingerprint density at radius 2 is 1.19 bits per heavy atom. The topological polar surface area (TPSA) is 201 Å². The molecule has 1 saturated heterocycles. The van der Waals surface area contributed by atoms with Gasteiger partial charge in [-0.3, -0.25) is 0 Å². The lowest BCUT2D eigenvalue weighted by atomic mass is 10.1. The number of esters is 3. The van der Waals surface area contributed by atoms with Gasteiger partial charge < -0.3 is 36.1 Å². The van der Waals surface area contributed by atoms with E-state index >= 15 is 0 Å². The van der Waals surface area contributed by atoms with Gasteiger partial charge in [0.2, 0.25) is 0 Å². The Labute approximate surface area is 244 Å². The van der Waals surface area contributed by atoms with Crippen LogP contribution >= 0.6 is 0 Å². The van der Waals surface area contributed by atoms with E-state index in [4.69, 9.17) is 36.1 Å². The van der Waals surface area contributed by atoms with Crippen molar-refractivity contribution < 1.29 is 33.3 Å². The number of carbonyl (C=O) groups excluding carboxylic acids is 3. The molecule has 0 saturated carbocycles. The largest absolute Gasteiger partial charge is 0.459 e. The summed E-state index contributed by atoms with van der Waals surface area (Å²) in [5, 5.41) is 0. The first kappa shape index (κ1) is 28.8. The van der Waals surface area contributed by atoms with E-state index < -0.39 is 54.7 Å². The second-order valence-electron chi connectivity index (χ2n) is 9.45. The number of rotatable bonds is 8. The molecule has 0 spiro atoms. The molecule has 4 aromatic rings. The molecule has 220 valence electrons. The van der Waals surface area contributed by atoms with E-state index in [9.17, 15) is 19.2 Å². The van der Waals surface area contributed by atoms with Crippen LogP contribution in [0.4, 0.5) is 17.3 Å². The highest BCUT2D eigenvalue weighted by molar-refractivity contribution is 5.91. The van der Waals surface area contributed by atoms with Gasteiger partial charge in [0.1, 0.15) is 24.2 Å². The minimum Gasteiger partial charge on any atom is -0.459 e. The zero-order chi connectivity index (χ0) is 30.5. The van der Waals surface area contributed by atoms with Crippen LogP contribution < -0.4 is 22.9 Å². The summed E-state index contributed by atoms with van der Waals surface area (Å²) in [6, 6.07) is 24.2. The average Bonchev–Trinajstić information content (AvgIpc) is 3.35. The molecular weight excluding hydrogens is 558 g/mol. The molecule has 5 rings (SSSR count). The van der Waals surface area contributed by atoms with Crippen LogP contribution in [0.1, 0.15) is 37.3 Å². The Balaban J connectivity index is 1.54. The summed E-state index contributed by atoms with van der Waals surface area (Å²) in [4.78, 5) is 55.9. The van der Waals surface area contributed by atoms with E-state index in [1.54, 1.807) is 66.7 Å². The van der Waals surface area contributed by atoms with Crippen LogP contribution in [0.25, 0.3) is 0 Å². The Bertz CT molecular complexity index is 1680. The van der Waals surface area contributed by atoms with Crippen molar-refractivity contribution >= 4 is 35.2 Å². The summed E-state index contributed by atoms with van der Waals surface area (Å²) in [6.07, 6.45) is -5.61. The zero-order valence-electron chi connectivity index (χ0n) is 22.6. The maximum Gasteiger partial charge on any atom is 0.353 e. The highest BCUT2D eigenvalue weighted by atomic mass is 16.7. The SMILES string of the molecule is Nc1nc(=O)n([C@@H]2O[C@H](COC(=O)c3ccccc3)[C@@H](OC(=O)c3ccccc3)[C@H]2OC(=O)c2ccccc2)c(N)c1N. The molecule has 1 aliphatic heterocycles. The van der Waals surface area contributed by atoms with E-state index in [0.29, 0.717) is 0 Å². The minimum absolute atomic E-state index is 0.170. The van der Waals surface area contributed by atoms with Crippen molar-refractivity contribution in [2.45, 2.75) is 24.5 Å². The molecule has 0 unspecified atom stereocenters. The molecule has 0 amide bonds. The van der Waals surface area contributed by atoms with Gasteiger partial charge in [0.25, 0.3) is 0 Å². The predicted octanol–water partition coefficient (Wildman–Crippen LogP) is 2.20. The summed E-state index contributed by atoms with van der Waals surface area (Å²) in [5.41, 5.74) is 17.3. The molecular formula is C30H27N5O8. The monoisotopic (exact) mass is 585 g/mol. The maximum absolute atomic E-state index is 13.2. The fourth-order valence-electron chi connectivity index (χ4n) is 4.49. The summed E-state index contributed by atoms with van der Waals surface area (Å²) in [5.74, 6) is -2.92. The molecule has 0 radical (unpaired) electrons. The van der Waals surface area contributed by atoms with Gasteiger partial charge in [-0.15, -0.1) is 0 Å². The van der Waals surface area contributed by atoms with Crippen molar-refractivity contribution in [1.82, 2.24) is 9.55 Å². The molecule has 1 aliphatic rings. The fraction of sp³-hybridized carbons (Fsp3) is 0.167. The molecule has 6 N–H and O–H groups in total. The zero-order valence-corrected chi connectivity index (χ0v) is 22.6. The summed E-state index contributed by atoms with van der Waals surface area (Å²) >= 11 is 0. The molecule has 2 heterocycles. The Morgan fingerprint density at radius 1 is 0.721 bits per heavy atom. The number of ether oxygens (including phenoxy) is 4. The van der Waals surface area contributed by atoms with Gasteiger partial charge in [-0.05, 0) is 36.4 Å². The summed E-state index contributed by atoms with van der Waals surface area (Å²) in [7, 11) is 0. The van der Waals surface area contributed by atoms with Gasteiger partial charge in [0, 0.05) is 0 Å². The summed E-state index contributed by atoms with van der Waals surface area (Å²) < 4.78 is 24.1. The first-order chi connectivity index (χ1) is 20.7. The number of hydrogen-bond acceptors (Lipinski definition) is 12. The number of anilines is 3. The van der Waals surface area contributed by atoms with Crippen LogP contribution in [0.15, 0.2) is 95.8 Å². The molecule has 4 atom stereocenters. The standard InChI is InChI=1S/C30H27N5O8/c31-21-24(32)34-30(39)35(25(21)33)26-23(43-29(38)19-14-8-3-9-15-19)22(42-28(37)18-12-6-2-7-13-18)20(41-26)16-40-27(36)17-10-4-1-5-11-17/h1-15,20,22-23,26H,16,31,33H2,(H2,32,34,39)/t20-,22-,23-,26-/m1/s1. The minimum atomic E-state index is -1.51. The van der Waals surface area contributed by atoms with Crippen LogP contribution in [0.3, 0.4) is 0 Å². The van der Waals surface area contributed by atoms with Crippen molar-refractivity contribution in [3.63, 3.8) is 0 Å². The summed E-state index contributed by atoms with van der Waals surface area (Å²) in [6.45, 7) is -0.455.